The number of carbonyl (C=O) groups excluding carboxylic acids is 1. The van der Waals surface area contributed by atoms with Gasteiger partial charge >= 0.3 is 0 Å². The molecule has 0 radical (unpaired) electrons. The minimum absolute atomic E-state index is 0.0768. The van der Waals surface area contributed by atoms with Crippen LogP contribution in [-0.4, -0.2) is 30.8 Å². The SMILES string of the molecule is Cc1noc(C)c1CS(=O)(=O)C(C)C(=O)NC1CCCCC1C. The zero-order chi connectivity index (χ0) is 17.2. The van der Waals surface area contributed by atoms with Gasteiger partial charge in [-0.15, -0.1) is 0 Å². The Hall–Kier alpha value is -1.37. The third-order valence-corrected chi connectivity index (χ3v) is 6.86. The van der Waals surface area contributed by atoms with Crippen molar-refractivity contribution in [1.82, 2.24) is 10.5 Å². The van der Waals surface area contributed by atoms with Crippen LogP contribution in [0.15, 0.2) is 4.52 Å². The highest BCUT2D eigenvalue weighted by atomic mass is 32.2. The number of carbonyl (C=O) groups is 1. The van der Waals surface area contributed by atoms with Crippen molar-refractivity contribution in [3.63, 3.8) is 0 Å². The Kier molecular flexibility index (Phi) is 5.49. The molecule has 1 saturated carbocycles. The summed E-state index contributed by atoms with van der Waals surface area (Å²) in [6, 6.07) is 0.0768. The van der Waals surface area contributed by atoms with Crippen LogP contribution in [0.25, 0.3) is 0 Å². The van der Waals surface area contributed by atoms with Crippen molar-refractivity contribution >= 4 is 15.7 Å². The minimum atomic E-state index is -3.61. The molecule has 1 aromatic heterocycles. The first-order valence-electron chi connectivity index (χ1n) is 8.16. The number of rotatable bonds is 5. The van der Waals surface area contributed by atoms with Crippen molar-refractivity contribution in [1.29, 1.82) is 0 Å². The molecule has 0 bridgehead atoms. The van der Waals surface area contributed by atoms with Crippen LogP contribution in [0.4, 0.5) is 0 Å². The van der Waals surface area contributed by atoms with Gasteiger partial charge in [0.25, 0.3) is 0 Å². The number of aryl methyl sites for hydroxylation is 2. The van der Waals surface area contributed by atoms with E-state index < -0.39 is 21.0 Å². The maximum Gasteiger partial charge on any atom is 0.238 e. The fourth-order valence-corrected chi connectivity index (χ4v) is 4.49. The first-order valence-corrected chi connectivity index (χ1v) is 9.87. The molecule has 3 unspecified atom stereocenters. The molecule has 2 rings (SSSR count). The highest BCUT2D eigenvalue weighted by Gasteiger charge is 2.32. The molecular formula is C16H26N2O4S. The molecule has 1 aliphatic rings. The van der Waals surface area contributed by atoms with Crippen LogP contribution in [0.2, 0.25) is 0 Å². The van der Waals surface area contributed by atoms with Crippen molar-refractivity contribution < 1.29 is 17.7 Å². The Morgan fingerprint density at radius 3 is 2.57 bits per heavy atom. The summed E-state index contributed by atoms with van der Waals surface area (Å²) in [5, 5.41) is 5.62. The molecule has 1 fully saturated rings. The topological polar surface area (TPSA) is 89.3 Å². The predicted molar refractivity (Wildman–Crippen MR) is 87.6 cm³/mol. The molecule has 3 atom stereocenters. The number of sulfone groups is 1. The average molecular weight is 342 g/mol. The van der Waals surface area contributed by atoms with Crippen LogP contribution >= 0.6 is 0 Å². The Bertz CT molecular complexity index is 646. The Balaban J connectivity index is 2.05. The van der Waals surface area contributed by atoms with E-state index in [0.717, 1.165) is 19.3 Å². The van der Waals surface area contributed by atoms with Crippen LogP contribution in [0.5, 0.6) is 0 Å². The summed E-state index contributed by atoms with van der Waals surface area (Å²) in [7, 11) is -3.61. The summed E-state index contributed by atoms with van der Waals surface area (Å²) in [6.07, 6.45) is 4.25. The van der Waals surface area contributed by atoms with Crippen LogP contribution in [0.3, 0.4) is 0 Å². The molecule has 1 aromatic rings. The highest BCUT2D eigenvalue weighted by Crippen LogP contribution is 2.24. The van der Waals surface area contributed by atoms with Crippen LogP contribution < -0.4 is 5.32 Å². The van der Waals surface area contributed by atoms with Gasteiger partial charge in [-0.3, -0.25) is 4.79 Å². The summed E-state index contributed by atoms with van der Waals surface area (Å²) in [5.41, 5.74) is 1.11. The van der Waals surface area contributed by atoms with E-state index in [1.165, 1.54) is 13.3 Å². The van der Waals surface area contributed by atoms with Crippen molar-refractivity contribution in [3.8, 4) is 0 Å². The first-order chi connectivity index (χ1) is 10.7. The normalized spacial score (nSPS) is 23.5. The Morgan fingerprint density at radius 2 is 2.00 bits per heavy atom. The zero-order valence-electron chi connectivity index (χ0n) is 14.3. The molecule has 1 aliphatic carbocycles. The summed E-state index contributed by atoms with van der Waals surface area (Å²) in [5.74, 6) is 0.253. The lowest BCUT2D eigenvalue weighted by molar-refractivity contribution is -0.121. The van der Waals surface area contributed by atoms with Gasteiger partial charge < -0.3 is 9.84 Å². The quantitative estimate of drug-likeness (QED) is 0.887. The van der Waals surface area contributed by atoms with Crippen LogP contribution in [0.1, 0.15) is 56.5 Å². The number of hydrogen-bond donors (Lipinski definition) is 1. The summed E-state index contributed by atoms with van der Waals surface area (Å²) < 4.78 is 30.1. The molecule has 7 heteroatoms. The lowest BCUT2D eigenvalue weighted by atomic mass is 9.86. The largest absolute Gasteiger partial charge is 0.361 e. The van der Waals surface area contributed by atoms with Crippen molar-refractivity contribution in [2.24, 2.45) is 5.92 Å². The molecule has 1 heterocycles. The van der Waals surface area contributed by atoms with Gasteiger partial charge in [-0.2, -0.15) is 0 Å². The second-order valence-electron chi connectivity index (χ2n) is 6.63. The number of aromatic nitrogens is 1. The van der Waals surface area contributed by atoms with Gasteiger partial charge in [0.05, 0.1) is 11.4 Å². The third kappa shape index (κ3) is 4.13. The zero-order valence-corrected chi connectivity index (χ0v) is 15.1. The van der Waals surface area contributed by atoms with E-state index >= 15 is 0 Å². The van der Waals surface area contributed by atoms with E-state index in [-0.39, 0.29) is 11.8 Å². The molecular weight excluding hydrogens is 316 g/mol. The van der Waals surface area contributed by atoms with Crippen molar-refractivity contribution in [2.75, 3.05) is 0 Å². The lowest BCUT2D eigenvalue weighted by Crippen LogP contribution is -2.47. The molecule has 0 aromatic carbocycles. The minimum Gasteiger partial charge on any atom is -0.361 e. The molecule has 1 amide bonds. The number of hydrogen-bond acceptors (Lipinski definition) is 5. The molecule has 0 spiro atoms. The Morgan fingerprint density at radius 1 is 1.35 bits per heavy atom. The summed E-state index contributed by atoms with van der Waals surface area (Å²) in [6.45, 7) is 6.94. The first kappa shape index (κ1) is 18.0. The van der Waals surface area contributed by atoms with Gasteiger partial charge in [0, 0.05) is 11.6 Å². The van der Waals surface area contributed by atoms with E-state index in [1.54, 1.807) is 13.8 Å². The van der Waals surface area contributed by atoms with Gasteiger partial charge in [-0.1, -0.05) is 24.9 Å². The average Bonchev–Trinajstić information content (AvgIpc) is 2.80. The monoisotopic (exact) mass is 342 g/mol. The van der Waals surface area contributed by atoms with E-state index in [2.05, 4.69) is 17.4 Å². The maximum atomic E-state index is 12.5. The standard InChI is InChI=1S/C16H26N2O4S/c1-10-7-5-6-8-15(10)17-16(19)13(4)23(20,21)9-14-11(2)18-22-12(14)3/h10,13,15H,5-9H2,1-4H3,(H,17,19). The van der Waals surface area contributed by atoms with Gasteiger partial charge in [0.15, 0.2) is 9.84 Å². The van der Waals surface area contributed by atoms with Gasteiger partial charge in [-0.25, -0.2) is 8.42 Å². The second-order valence-corrected chi connectivity index (χ2v) is 8.95. The van der Waals surface area contributed by atoms with E-state index in [1.807, 2.05) is 0 Å². The fourth-order valence-electron chi connectivity index (χ4n) is 3.03. The van der Waals surface area contributed by atoms with E-state index in [0.29, 0.717) is 22.9 Å². The van der Waals surface area contributed by atoms with Crippen molar-refractivity contribution in [3.05, 3.63) is 17.0 Å². The van der Waals surface area contributed by atoms with Crippen LogP contribution in [-0.2, 0) is 20.4 Å². The van der Waals surface area contributed by atoms with Gasteiger partial charge in [0.2, 0.25) is 5.91 Å². The molecule has 130 valence electrons. The highest BCUT2D eigenvalue weighted by molar-refractivity contribution is 7.92. The molecule has 23 heavy (non-hydrogen) atoms. The molecule has 1 N–H and O–H groups in total. The number of amides is 1. The maximum absolute atomic E-state index is 12.5. The second kappa shape index (κ2) is 7.03. The van der Waals surface area contributed by atoms with Gasteiger partial charge in [-0.05, 0) is 39.5 Å². The summed E-state index contributed by atoms with van der Waals surface area (Å²) in [4.78, 5) is 12.4. The van der Waals surface area contributed by atoms with Crippen LogP contribution in [0, 0.1) is 19.8 Å². The molecule has 0 saturated heterocycles. The van der Waals surface area contributed by atoms with E-state index in [9.17, 15) is 13.2 Å². The van der Waals surface area contributed by atoms with Gasteiger partial charge in [0.1, 0.15) is 11.0 Å². The Labute approximate surface area is 137 Å². The number of nitrogens with zero attached hydrogens (tertiary/aromatic N) is 1. The summed E-state index contributed by atoms with van der Waals surface area (Å²) >= 11 is 0. The molecule has 6 nitrogen and oxygen atoms in total. The lowest BCUT2D eigenvalue weighted by Gasteiger charge is -2.30. The fraction of sp³-hybridized carbons (Fsp3) is 0.750. The smallest absolute Gasteiger partial charge is 0.238 e. The molecule has 0 aliphatic heterocycles. The van der Waals surface area contributed by atoms with Crippen molar-refractivity contribution in [2.45, 2.75) is 70.4 Å². The third-order valence-electron chi connectivity index (χ3n) is 4.87. The van der Waals surface area contributed by atoms with E-state index in [4.69, 9.17) is 4.52 Å². The predicted octanol–water partition coefficient (Wildman–Crippen LogP) is 2.29. The number of nitrogens with one attached hydrogen (secondary N) is 1.